The largest absolute Gasteiger partial charge is 0.491 e. The fourth-order valence-electron chi connectivity index (χ4n) is 1.19. The highest BCUT2D eigenvalue weighted by Gasteiger charge is 2.12. The summed E-state index contributed by atoms with van der Waals surface area (Å²) >= 11 is 0. The number of aliphatic hydroxyl groups excluding tert-OH is 2. The second kappa shape index (κ2) is 8.83. The Morgan fingerprint density at radius 2 is 1.89 bits per heavy atom. The monoisotopic (exact) mass is 262 g/mol. The zero-order valence-electron chi connectivity index (χ0n) is 10.9. The normalized spacial score (nSPS) is 11.8. The Morgan fingerprint density at radius 3 is 2.39 bits per heavy atom. The van der Waals surface area contributed by atoms with Crippen LogP contribution in [0.2, 0.25) is 0 Å². The third-order valence-electron chi connectivity index (χ3n) is 2.14. The highest BCUT2D eigenvalue weighted by molar-refractivity contribution is 5.35. The van der Waals surface area contributed by atoms with Gasteiger partial charge in [-0.3, -0.25) is 0 Å². The molecule has 0 saturated heterocycles. The Labute approximate surface area is 106 Å². The lowest BCUT2D eigenvalue weighted by Gasteiger charge is -2.12. The number of halogens is 2. The fraction of sp³-hybridized carbons (Fsp3) is 0.538. The first kappa shape index (κ1) is 16.8. The third-order valence-corrected chi connectivity index (χ3v) is 2.14. The van der Waals surface area contributed by atoms with Crippen LogP contribution in [0.3, 0.4) is 0 Å². The van der Waals surface area contributed by atoms with E-state index in [1.54, 1.807) is 13.0 Å². The molecule has 5 heteroatoms. The zero-order valence-corrected chi connectivity index (χ0v) is 10.9. The molecule has 1 rings (SSSR count). The topological polar surface area (TPSA) is 49.7 Å². The standard InChI is InChI=1S/C11H14F2O3.C2H6/c1-7-2-3-9(4-10(7)11(12)13)16-6-8(15)5-14;1-2/h2-4,8,11,14-15H,5-6H2,1H3;1-2H3. The number of ether oxygens (including phenoxy) is 1. The van der Waals surface area contributed by atoms with Gasteiger partial charge in [-0.2, -0.15) is 0 Å². The Hall–Kier alpha value is -1.20. The van der Waals surface area contributed by atoms with Crippen molar-refractivity contribution in [2.45, 2.75) is 33.3 Å². The number of rotatable bonds is 5. The summed E-state index contributed by atoms with van der Waals surface area (Å²) in [4.78, 5) is 0. The van der Waals surface area contributed by atoms with Crippen molar-refractivity contribution in [3.8, 4) is 5.75 Å². The summed E-state index contributed by atoms with van der Waals surface area (Å²) in [6.07, 6.45) is -3.55. The van der Waals surface area contributed by atoms with Gasteiger partial charge in [0.1, 0.15) is 18.5 Å². The lowest BCUT2D eigenvalue weighted by atomic mass is 10.1. The van der Waals surface area contributed by atoms with E-state index in [0.717, 1.165) is 0 Å². The summed E-state index contributed by atoms with van der Waals surface area (Å²) in [7, 11) is 0. The van der Waals surface area contributed by atoms with E-state index in [1.807, 2.05) is 13.8 Å². The smallest absolute Gasteiger partial charge is 0.264 e. The van der Waals surface area contributed by atoms with Crippen LogP contribution in [0.5, 0.6) is 5.75 Å². The van der Waals surface area contributed by atoms with Crippen molar-refractivity contribution in [1.29, 1.82) is 0 Å². The summed E-state index contributed by atoms with van der Waals surface area (Å²) in [6, 6.07) is 4.32. The molecule has 0 heterocycles. The van der Waals surface area contributed by atoms with Crippen LogP contribution in [0.15, 0.2) is 18.2 Å². The highest BCUT2D eigenvalue weighted by Crippen LogP contribution is 2.26. The van der Waals surface area contributed by atoms with Gasteiger partial charge in [-0.25, -0.2) is 8.78 Å². The Bertz CT molecular complexity index is 343. The van der Waals surface area contributed by atoms with Crippen LogP contribution < -0.4 is 4.74 Å². The number of hydrogen-bond acceptors (Lipinski definition) is 3. The first-order valence-electron chi connectivity index (χ1n) is 5.85. The molecule has 2 N–H and O–H groups in total. The number of aryl methyl sites for hydroxylation is 1. The van der Waals surface area contributed by atoms with Crippen molar-refractivity contribution in [2.75, 3.05) is 13.2 Å². The predicted octanol–water partition coefficient (Wildman–Crippen LogP) is 2.69. The number of hydrogen-bond donors (Lipinski definition) is 2. The maximum atomic E-state index is 12.5. The van der Waals surface area contributed by atoms with E-state index in [-0.39, 0.29) is 17.9 Å². The molecule has 1 unspecified atom stereocenters. The zero-order chi connectivity index (χ0) is 14.1. The van der Waals surface area contributed by atoms with Gasteiger partial charge < -0.3 is 14.9 Å². The van der Waals surface area contributed by atoms with Gasteiger partial charge in [-0.05, 0) is 24.6 Å². The van der Waals surface area contributed by atoms with Gasteiger partial charge in [0.05, 0.1) is 6.61 Å². The van der Waals surface area contributed by atoms with Gasteiger partial charge in [0, 0.05) is 5.56 Å². The average Bonchev–Trinajstić information content (AvgIpc) is 2.39. The van der Waals surface area contributed by atoms with Gasteiger partial charge in [0.25, 0.3) is 6.43 Å². The number of aliphatic hydroxyl groups is 2. The molecule has 0 aliphatic rings. The Balaban J connectivity index is 0.00000137. The quantitative estimate of drug-likeness (QED) is 0.857. The van der Waals surface area contributed by atoms with Gasteiger partial charge in [0.2, 0.25) is 0 Å². The van der Waals surface area contributed by atoms with E-state index in [9.17, 15) is 8.78 Å². The molecular weight excluding hydrogens is 242 g/mol. The summed E-state index contributed by atoms with van der Waals surface area (Å²) in [5.41, 5.74) is 0.404. The predicted molar refractivity (Wildman–Crippen MR) is 66.1 cm³/mol. The van der Waals surface area contributed by atoms with Gasteiger partial charge in [0.15, 0.2) is 0 Å². The average molecular weight is 262 g/mol. The van der Waals surface area contributed by atoms with Gasteiger partial charge in [-0.1, -0.05) is 19.9 Å². The third kappa shape index (κ3) is 5.42. The van der Waals surface area contributed by atoms with Crippen LogP contribution >= 0.6 is 0 Å². The van der Waals surface area contributed by atoms with E-state index in [4.69, 9.17) is 14.9 Å². The second-order valence-corrected chi connectivity index (χ2v) is 3.47. The van der Waals surface area contributed by atoms with Crippen LogP contribution in [0, 0.1) is 6.92 Å². The minimum Gasteiger partial charge on any atom is -0.491 e. The molecule has 0 saturated carbocycles. The summed E-state index contributed by atoms with van der Waals surface area (Å²) in [5.74, 6) is 0.258. The SMILES string of the molecule is CC.Cc1ccc(OCC(O)CO)cc1C(F)F. The molecule has 0 spiro atoms. The van der Waals surface area contributed by atoms with Crippen LogP contribution in [0.25, 0.3) is 0 Å². The van der Waals surface area contributed by atoms with Crippen molar-refractivity contribution in [2.24, 2.45) is 0 Å². The second-order valence-electron chi connectivity index (χ2n) is 3.47. The maximum absolute atomic E-state index is 12.5. The lowest BCUT2D eigenvalue weighted by Crippen LogP contribution is -2.21. The molecule has 18 heavy (non-hydrogen) atoms. The van der Waals surface area contributed by atoms with E-state index >= 15 is 0 Å². The summed E-state index contributed by atoms with van der Waals surface area (Å²) < 4.78 is 30.1. The van der Waals surface area contributed by atoms with E-state index in [2.05, 4.69) is 0 Å². The van der Waals surface area contributed by atoms with E-state index in [1.165, 1.54) is 12.1 Å². The molecule has 0 fully saturated rings. The van der Waals surface area contributed by atoms with Crippen molar-refractivity contribution in [3.63, 3.8) is 0 Å². The molecule has 1 aromatic rings. The molecule has 1 aromatic carbocycles. The Kier molecular flexibility index (Phi) is 8.24. The van der Waals surface area contributed by atoms with Crippen molar-refractivity contribution < 1.29 is 23.7 Å². The molecular formula is C13H20F2O3. The van der Waals surface area contributed by atoms with Crippen molar-refractivity contribution in [1.82, 2.24) is 0 Å². The minimum absolute atomic E-state index is 0.0870. The Morgan fingerprint density at radius 1 is 1.28 bits per heavy atom. The van der Waals surface area contributed by atoms with Crippen LogP contribution in [-0.4, -0.2) is 29.5 Å². The van der Waals surface area contributed by atoms with Crippen LogP contribution in [0.1, 0.15) is 31.4 Å². The van der Waals surface area contributed by atoms with Crippen molar-refractivity contribution >= 4 is 0 Å². The maximum Gasteiger partial charge on any atom is 0.264 e. The van der Waals surface area contributed by atoms with E-state index in [0.29, 0.717) is 5.56 Å². The van der Waals surface area contributed by atoms with Crippen LogP contribution in [0.4, 0.5) is 8.78 Å². The summed E-state index contributed by atoms with van der Waals surface area (Å²) in [5, 5.41) is 17.6. The lowest BCUT2D eigenvalue weighted by molar-refractivity contribution is 0.0534. The fourth-order valence-corrected chi connectivity index (χ4v) is 1.19. The minimum atomic E-state index is -2.55. The summed E-state index contributed by atoms with van der Waals surface area (Å²) in [6.45, 7) is 5.05. The molecule has 0 radical (unpaired) electrons. The molecule has 0 aliphatic carbocycles. The first-order chi connectivity index (χ1) is 8.54. The van der Waals surface area contributed by atoms with E-state index < -0.39 is 19.1 Å². The molecule has 104 valence electrons. The molecule has 0 aromatic heterocycles. The molecule has 0 aliphatic heterocycles. The van der Waals surface area contributed by atoms with Gasteiger partial charge in [-0.15, -0.1) is 0 Å². The molecule has 1 atom stereocenters. The van der Waals surface area contributed by atoms with Crippen molar-refractivity contribution in [3.05, 3.63) is 29.3 Å². The van der Waals surface area contributed by atoms with Crippen LogP contribution in [-0.2, 0) is 0 Å². The molecule has 0 bridgehead atoms. The number of alkyl halides is 2. The molecule has 0 amide bonds. The first-order valence-corrected chi connectivity index (χ1v) is 5.85. The highest BCUT2D eigenvalue weighted by atomic mass is 19.3. The number of benzene rings is 1. The molecule has 3 nitrogen and oxygen atoms in total. The van der Waals surface area contributed by atoms with Gasteiger partial charge >= 0.3 is 0 Å².